The molecule has 0 saturated carbocycles. The summed E-state index contributed by atoms with van der Waals surface area (Å²) < 4.78 is 62.6. The summed E-state index contributed by atoms with van der Waals surface area (Å²) in [6.45, 7) is 0. The smallest absolute Gasteiger partial charge is 0.298 e. The van der Waals surface area contributed by atoms with Gasteiger partial charge >= 0.3 is 0 Å². The van der Waals surface area contributed by atoms with Gasteiger partial charge in [0.2, 0.25) is 0 Å². The van der Waals surface area contributed by atoms with Crippen molar-refractivity contribution < 1.29 is 25.9 Å². The van der Waals surface area contributed by atoms with Crippen LogP contribution in [0.1, 0.15) is 0 Å². The Balaban J connectivity index is 2.96. The second-order valence-electron chi connectivity index (χ2n) is 4.04. The number of hydrogen-bond donors (Lipinski definition) is 4. The van der Waals surface area contributed by atoms with Gasteiger partial charge in [0.05, 0.1) is 16.3 Å². The minimum atomic E-state index is -4.67. The largest absolute Gasteiger partial charge is 0.398 e. The molecule has 2 rings (SSSR count). The lowest BCUT2D eigenvalue weighted by atomic mass is 10.1. The fourth-order valence-corrected chi connectivity index (χ4v) is 3.11. The lowest BCUT2D eigenvalue weighted by Gasteiger charge is -2.11. The molecule has 108 valence electrons. The molecule has 0 unspecified atom stereocenters. The first-order chi connectivity index (χ1) is 9.01. The number of nitrogen functional groups attached to an aromatic ring is 2. The molecule has 0 atom stereocenters. The molecule has 2 aromatic rings. The summed E-state index contributed by atoms with van der Waals surface area (Å²) >= 11 is 0. The highest BCUT2D eigenvalue weighted by Gasteiger charge is 2.21. The van der Waals surface area contributed by atoms with Crippen molar-refractivity contribution in [2.45, 2.75) is 9.79 Å². The molecule has 0 aliphatic heterocycles. The van der Waals surface area contributed by atoms with Gasteiger partial charge in [0.25, 0.3) is 20.2 Å². The molecule has 0 heterocycles. The van der Waals surface area contributed by atoms with Crippen LogP contribution in [0, 0.1) is 0 Å². The second-order valence-corrected chi connectivity index (χ2v) is 6.82. The number of rotatable bonds is 2. The van der Waals surface area contributed by atoms with Gasteiger partial charge in [-0.15, -0.1) is 0 Å². The SMILES string of the molecule is Nc1cc2ccc(S(=O)(=O)O)cc2c(N)c1S(=O)(=O)O. The van der Waals surface area contributed by atoms with Gasteiger partial charge in [-0.2, -0.15) is 16.8 Å². The van der Waals surface area contributed by atoms with Crippen LogP contribution in [0.2, 0.25) is 0 Å². The molecule has 0 aliphatic rings. The lowest BCUT2D eigenvalue weighted by Crippen LogP contribution is -2.08. The van der Waals surface area contributed by atoms with E-state index in [-0.39, 0.29) is 11.1 Å². The fourth-order valence-electron chi connectivity index (χ4n) is 1.85. The first-order valence-corrected chi connectivity index (χ1v) is 7.96. The Morgan fingerprint density at radius 1 is 0.900 bits per heavy atom. The standard InChI is InChI=1S/C10H10N2O6S2/c11-8-3-5-1-2-6(19(13,14)15)4-7(5)9(12)10(8)20(16,17)18/h1-4H,11-12H2,(H,13,14,15)(H,16,17,18). The zero-order valence-electron chi connectivity index (χ0n) is 9.81. The normalized spacial score (nSPS) is 12.7. The van der Waals surface area contributed by atoms with Gasteiger partial charge in [-0.05, 0) is 23.6 Å². The molecule has 0 aromatic heterocycles. The van der Waals surface area contributed by atoms with E-state index in [0.29, 0.717) is 5.39 Å². The monoisotopic (exact) mass is 318 g/mol. The minimum Gasteiger partial charge on any atom is -0.398 e. The van der Waals surface area contributed by atoms with Crippen LogP contribution in [-0.4, -0.2) is 25.9 Å². The van der Waals surface area contributed by atoms with Gasteiger partial charge in [0, 0.05) is 5.39 Å². The van der Waals surface area contributed by atoms with E-state index in [9.17, 15) is 16.8 Å². The summed E-state index contributed by atoms with van der Waals surface area (Å²) in [6, 6.07) is 4.64. The van der Waals surface area contributed by atoms with Crippen LogP contribution in [0.25, 0.3) is 10.8 Å². The van der Waals surface area contributed by atoms with Crippen molar-refractivity contribution in [2.24, 2.45) is 0 Å². The molecule has 0 radical (unpaired) electrons. The molecule has 0 amide bonds. The van der Waals surface area contributed by atoms with E-state index < -0.39 is 35.7 Å². The molecule has 20 heavy (non-hydrogen) atoms. The van der Waals surface area contributed by atoms with Gasteiger partial charge in [-0.25, -0.2) is 0 Å². The Kier molecular flexibility index (Phi) is 3.13. The molecule has 0 aliphatic carbocycles. The van der Waals surface area contributed by atoms with E-state index in [1.54, 1.807) is 0 Å². The molecule has 0 fully saturated rings. The molecular formula is C10H10N2O6S2. The zero-order valence-corrected chi connectivity index (χ0v) is 11.4. The molecule has 0 spiro atoms. The Hall–Kier alpha value is -1.88. The number of fused-ring (bicyclic) bond motifs is 1. The Morgan fingerprint density at radius 2 is 1.50 bits per heavy atom. The highest BCUT2D eigenvalue weighted by molar-refractivity contribution is 7.86. The van der Waals surface area contributed by atoms with Gasteiger partial charge in [0.1, 0.15) is 4.90 Å². The highest BCUT2D eigenvalue weighted by atomic mass is 32.2. The number of nitrogens with two attached hydrogens (primary N) is 2. The maximum atomic E-state index is 11.2. The van der Waals surface area contributed by atoms with E-state index in [1.807, 2.05) is 0 Å². The summed E-state index contributed by atoms with van der Waals surface area (Å²) in [5.41, 5.74) is 10.5. The predicted molar refractivity (Wildman–Crippen MR) is 72.4 cm³/mol. The molecule has 10 heteroatoms. The van der Waals surface area contributed by atoms with Crippen molar-refractivity contribution >= 4 is 42.4 Å². The Labute approximate surface area is 114 Å². The van der Waals surface area contributed by atoms with E-state index in [2.05, 4.69) is 0 Å². The van der Waals surface area contributed by atoms with Crippen LogP contribution < -0.4 is 11.5 Å². The van der Waals surface area contributed by atoms with E-state index >= 15 is 0 Å². The molecule has 0 saturated heterocycles. The topological polar surface area (TPSA) is 161 Å². The summed E-state index contributed by atoms with van der Waals surface area (Å²) in [7, 11) is -9.13. The maximum absolute atomic E-state index is 11.2. The third kappa shape index (κ3) is 2.41. The first-order valence-electron chi connectivity index (χ1n) is 5.08. The van der Waals surface area contributed by atoms with Crippen molar-refractivity contribution in [3.8, 4) is 0 Å². The fraction of sp³-hybridized carbons (Fsp3) is 0. The number of benzene rings is 2. The van der Waals surface area contributed by atoms with Crippen LogP contribution in [0.3, 0.4) is 0 Å². The molecular weight excluding hydrogens is 308 g/mol. The van der Waals surface area contributed by atoms with Crippen molar-refractivity contribution in [2.75, 3.05) is 11.5 Å². The van der Waals surface area contributed by atoms with Gasteiger partial charge in [0.15, 0.2) is 0 Å². The van der Waals surface area contributed by atoms with E-state index in [1.165, 1.54) is 12.1 Å². The van der Waals surface area contributed by atoms with Crippen LogP contribution in [0.15, 0.2) is 34.1 Å². The first kappa shape index (κ1) is 14.5. The average Bonchev–Trinajstić information content (AvgIpc) is 2.25. The minimum absolute atomic E-state index is 0.0296. The molecule has 0 bridgehead atoms. The van der Waals surface area contributed by atoms with Crippen molar-refractivity contribution in [3.05, 3.63) is 24.3 Å². The van der Waals surface area contributed by atoms with Gasteiger partial charge in [-0.3, -0.25) is 9.11 Å². The third-order valence-corrected chi connectivity index (χ3v) is 4.51. The summed E-state index contributed by atoms with van der Waals surface area (Å²) in [6.07, 6.45) is 0. The Morgan fingerprint density at radius 3 is 2.00 bits per heavy atom. The van der Waals surface area contributed by atoms with Crippen LogP contribution in [0.5, 0.6) is 0 Å². The highest BCUT2D eigenvalue weighted by Crippen LogP contribution is 2.34. The lowest BCUT2D eigenvalue weighted by molar-refractivity contribution is 0.481. The third-order valence-electron chi connectivity index (χ3n) is 2.69. The van der Waals surface area contributed by atoms with E-state index in [0.717, 1.165) is 12.1 Å². The van der Waals surface area contributed by atoms with Crippen LogP contribution >= 0.6 is 0 Å². The molecule has 8 nitrogen and oxygen atoms in total. The molecule has 2 aromatic carbocycles. The average molecular weight is 318 g/mol. The van der Waals surface area contributed by atoms with Crippen molar-refractivity contribution in [1.82, 2.24) is 0 Å². The van der Waals surface area contributed by atoms with E-state index in [4.69, 9.17) is 20.6 Å². The maximum Gasteiger partial charge on any atom is 0.298 e. The second kappa shape index (κ2) is 4.31. The van der Waals surface area contributed by atoms with Gasteiger partial charge < -0.3 is 11.5 Å². The number of anilines is 2. The summed E-state index contributed by atoms with van der Waals surface area (Å²) in [4.78, 5) is -1.15. The Bertz CT molecular complexity index is 918. The quantitative estimate of drug-likeness (QED) is 0.459. The summed E-state index contributed by atoms with van der Waals surface area (Å²) in [5.74, 6) is 0. The molecule has 6 N–H and O–H groups in total. The van der Waals surface area contributed by atoms with Gasteiger partial charge in [-0.1, -0.05) is 6.07 Å². The van der Waals surface area contributed by atoms with Crippen LogP contribution in [0.4, 0.5) is 11.4 Å². The predicted octanol–water partition coefficient (Wildman–Crippen LogP) is 0.498. The number of hydrogen-bond acceptors (Lipinski definition) is 6. The van der Waals surface area contributed by atoms with Crippen LogP contribution in [-0.2, 0) is 20.2 Å². The summed E-state index contributed by atoms with van der Waals surface area (Å²) in [5, 5.41) is 0.391. The van der Waals surface area contributed by atoms with Crippen molar-refractivity contribution in [1.29, 1.82) is 0 Å². The van der Waals surface area contributed by atoms with Crippen molar-refractivity contribution in [3.63, 3.8) is 0 Å². The zero-order chi connectivity index (χ0) is 15.3.